The van der Waals surface area contributed by atoms with Crippen molar-refractivity contribution in [3.05, 3.63) is 41.7 Å². The number of nitrogens with zero attached hydrogens (tertiary/aromatic N) is 4. The molecular formula is C31H40ClN5O5. The van der Waals surface area contributed by atoms with Crippen LogP contribution in [0, 0.1) is 5.92 Å². The Labute approximate surface area is 251 Å². The Hall–Kier alpha value is -3.66. The first-order valence-corrected chi connectivity index (χ1v) is 14.9. The quantitative estimate of drug-likeness (QED) is 0.406. The summed E-state index contributed by atoms with van der Waals surface area (Å²) < 4.78 is 18.3. The third-order valence-corrected chi connectivity index (χ3v) is 8.21. The highest BCUT2D eigenvalue weighted by molar-refractivity contribution is 6.32. The summed E-state index contributed by atoms with van der Waals surface area (Å²) in [7, 11) is 3.18. The maximum Gasteiger partial charge on any atom is 0.410 e. The molecule has 0 spiro atoms. The molecule has 2 amide bonds. The fraction of sp³-hybridized carbons (Fsp3) is 0.516. The van der Waals surface area contributed by atoms with E-state index in [0.29, 0.717) is 29.6 Å². The molecule has 42 heavy (non-hydrogen) atoms. The van der Waals surface area contributed by atoms with Crippen molar-refractivity contribution in [3.8, 4) is 22.8 Å². The number of pyridine rings is 1. The van der Waals surface area contributed by atoms with Gasteiger partial charge in [-0.2, -0.15) is 0 Å². The summed E-state index contributed by atoms with van der Waals surface area (Å²) in [6, 6.07) is 7.81. The van der Waals surface area contributed by atoms with Crippen LogP contribution in [0.25, 0.3) is 16.9 Å². The highest BCUT2D eigenvalue weighted by Gasteiger charge is 2.30. The summed E-state index contributed by atoms with van der Waals surface area (Å²) in [5.41, 5.74) is 2.92. The van der Waals surface area contributed by atoms with Crippen LogP contribution in [0.15, 0.2) is 36.7 Å². The molecule has 4 heterocycles. The van der Waals surface area contributed by atoms with Gasteiger partial charge in [-0.25, -0.2) is 9.78 Å². The average Bonchev–Trinajstić information content (AvgIpc) is 3.40. The van der Waals surface area contributed by atoms with E-state index in [1.54, 1.807) is 25.2 Å². The Morgan fingerprint density at radius 1 is 0.976 bits per heavy atom. The minimum Gasteiger partial charge on any atom is -0.496 e. The highest BCUT2D eigenvalue weighted by Crippen LogP contribution is 2.38. The van der Waals surface area contributed by atoms with E-state index in [4.69, 9.17) is 30.8 Å². The van der Waals surface area contributed by atoms with Crippen molar-refractivity contribution in [1.29, 1.82) is 0 Å². The number of nitrogens with one attached hydrogen (secondary N) is 1. The number of methoxy groups -OCH3 is 2. The minimum absolute atomic E-state index is 0.0146. The normalized spacial score (nSPS) is 16.9. The zero-order valence-electron chi connectivity index (χ0n) is 25.0. The number of hydrogen-bond acceptors (Lipinski definition) is 7. The summed E-state index contributed by atoms with van der Waals surface area (Å²) in [5.74, 6) is 1.28. The van der Waals surface area contributed by atoms with E-state index >= 15 is 0 Å². The molecular weight excluding hydrogens is 558 g/mol. The van der Waals surface area contributed by atoms with Crippen molar-refractivity contribution in [2.75, 3.05) is 45.3 Å². The molecule has 2 fully saturated rings. The van der Waals surface area contributed by atoms with Crippen molar-refractivity contribution in [2.24, 2.45) is 5.92 Å². The number of ether oxygens (including phenoxy) is 3. The van der Waals surface area contributed by atoms with Gasteiger partial charge in [0.2, 0.25) is 5.91 Å². The van der Waals surface area contributed by atoms with Crippen molar-refractivity contribution < 1.29 is 23.8 Å². The van der Waals surface area contributed by atoms with Crippen LogP contribution in [-0.2, 0) is 9.53 Å². The largest absolute Gasteiger partial charge is 0.496 e. The van der Waals surface area contributed by atoms with Gasteiger partial charge in [-0.15, -0.1) is 0 Å². The van der Waals surface area contributed by atoms with Crippen LogP contribution in [0.1, 0.15) is 46.5 Å². The molecule has 2 aliphatic heterocycles. The van der Waals surface area contributed by atoms with E-state index in [1.165, 1.54) is 0 Å². The number of imidazole rings is 1. The summed E-state index contributed by atoms with van der Waals surface area (Å²) in [4.78, 5) is 34.3. The zero-order valence-corrected chi connectivity index (χ0v) is 25.7. The van der Waals surface area contributed by atoms with E-state index in [9.17, 15) is 9.59 Å². The number of amides is 2. The van der Waals surface area contributed by atoms with Crippen molar-refractivity contribution in [2.45, 2.75) is 58.1 Å². The van der Waals surface area contributed by atoms with Gasteiger partial charge in [-0.1, -0.05) is 11.6 Å². The third-order valence-electron chi connectivity index (χ3n) is 7.92. The van der Waals surface area contributed by atoms with Crippen LogP contribution in [0.3, 0.4) is 0 Å². The SMILES string of the molecule is COc1cc(OC)c(-c2cn3ccc(N4CCC(C(=O)NC5CCN(C(=O)OC(C)(C)C)CC5)CC4)cc3n2)cc1Cl. The van der Waals surface area contributed by atoms with Gasteiger partial charge in [0.05, 0.1) is 24.9 Å². The van der Waals surface area contributed by atoms with Crippen molar-refractivity contribution in [3.63, 3.8) is 0 Å². The predicted octanol–water partition coefficient (Wildman–Crippen LogP) is 5.40. The number of benzene rings is 1. The molecule has 0 bridgehead atoms. The van der Waals surface area contributed by atoms with Crippen LogP contribution in [0.4, 0.5) is 10.5 Å². The lowest BCUT2D eigenvalue weighted by molar-refractivity contribution is -0.126. The summed E-state index contributed by atoms with van der Waals surface area (Å²) >= 11 is 6.39. The number of fused-ring (bicyclic) bond motifs is 1. The molecule has 0 saturated carbocycles. The fourth-order valence-electron chi connectivity index (χ4n) is 5.61. The van der Waals surface area contributed by atoms with Gasteiger partial charge < -0.3 is 33.7 Å². The molecule has 0 radical (unpaired) electrons. The second-order valence-electron chi connectivity index (χ2n) is 12.0. The number of likely N-dealkylation sites (tertiary alicyclic amines) is 1. The molecule has 226 valence electrons. The number of aromatic nitrogens is 2. The Morgan fingerprint density at radius 3 is 2.31 bits per heavy atom. The molecule has 1 N–H and O–H groups in total. The van der Waals surface area contributed by atoms with E-state index < -0.39 is 5.60 Å². The van der Waals surface area contributed by atoms with Gasteiger partial charge in [0.25, 0.3) is 0 Å². The molecule has 2 aromatic heterocycles. The first-order valence-electron chi connectivity index (χ1n) is 14.5. The second kappa shape index (κ2) is 12.3. The van der Waals surface area contributed by atoms with E-state index in [2.05, 4.69) is 22.3 Å². The molecule has 1 aromatic carbocycles. The third kappa shape index (κ3) is 6.69. The number of carbonyl (C=O) groups excluding carboxylic acids is 2. The summed E-state index contributed by atoms with van der Waals surface area (Å²) in [6.45, 7) is 8.37. The monoisotopic (exact) mass is 597 g/mol. The van der Waals surface area contributed by atoms with Gasteiger partial charge >= 0.3 is 6.09 Å². The second-order valence-corrected chi connectivity index (χ2v) is 12.4. The molecule has 2 aliphatic rings. The Bertz CT molecular complexity index is 1440. The number of halogens is 1. The van der Waals surface area contributed by atoms with Gasteiger partial charge in [-0.3, -0.25) is 4.79 Å². The van der Waals surface area contributed by atoms with E-state index in [1.807, 2.05) is 43.6 Å². The smallest absolute Gasteiger partial charge is 0.410 e. The van der Waals surface area contributed by atoms with E-state index in [0.717, 1.165) is 61.4 Å². The molecule has 5 rings (SSSR count). The molecule has 3 aromatic rings. The molecule has 0 atom stereocenters. The molecule has 10 nitrogen and oxygen atoms in total. The van der Waals surface area contributed by atoms with Gasteiger partial charge in [-0.05, 0) is 58.6 Å². The minimum atomic E-state index is -0.509. The van der Waals surface area contributed by atoms with Gasteiger partial charge in [0, 0.05) is 73.9 Å². The van der Waals surface area contributed by atoms with Crippen molar-refractivity contribution in [1.82, 2.24) is 19.6 Å². The molecule has 2 saturated heterocycles. The number of rotatable bonds is 6. The van der Waals surface area contributed by atoms with Crippen LogP contribution in [-0.4, -0.2) is 78.3 Å². The standard InChI is InChI=1S/C31H40ClN5O5/c1-31(2,3)42-30(39)36-13-8-21(9-14-36)33-29(38)20-6-11-35(12-7-20)22-10-15-37-19-25(34-28(37)16-22)23-17-24(32)27(41-5)18-26(23)40-4/h10,15-21H,6-9,11-14H2,1-5H3,(H,33,38). The fourth-order valence-corrected chi connectivity index (χ4v) is 5.85. The number of hydrogen-bond donors (Lipinski definition) is 1. The number of anilines is 1. The Morgan fingerprint density at radius 2 is 1.67 bits per heavy atom. The number of piperidine rings is 2. The zero-order chi connectivity index (χ0) is 30.0. The lowest BCUT2D eigenvalue weighted by atomic mass is 9.94. The lowest BCUT2D eigenvalue weighted by Crippen LogP contribution is -2.50. The molecule has 0 aliphatic carbocycles. The van der Waals surface area contributed by atoms with Crippen LogP contribution in [0.5, 0.6) is 11.5 Å². The lowest BCUT2D eigenvalue weighted by Gasteiger charge is -2.36. The maximum absolute atomic E-state index is 13.1. The first-order chi connectivity index (χ1) is 20.0. The summed E-state index contributed by atoms with van der Waals surface area (Å²) in [5, 5.41) is 3.73. The maximum atomic E-state index is 13.1. The van der Waals surface area contributed by atoms with Gasteiger partial charge in [0.1, 0.15) is 22.7 Å². The predicted molar refractivity (Wildman–Crippen MR) is 163 cm³/mol. The first kappa shape index (κ1) is 29.8. The van der Waals surface area contributed by atoms with Crippen molar-refractivity contribution >= 4 is 34.9 Å². The van der Waals surface area contributed by atoms with Crippen LogP contribution in [0.2, 0.25) is 5.02 Å². The van der Waals surface area contributed by atoms with Crippen LogP contribution < -0.4 is 19.7 Å². The Balaban J connectivity index is 1.16. The molecule has 11 heteroatoms. The summed E-state index contributed by atoms with van der Waals surface area (Å²) in [6.07, 6.45) is 6.73. The number of carbonyl (C=O) groups is 2. The molecule has 0 unspecified atom stereocenters. The van der Waals surface area contributed by atoms with E-state index in [-0.39, 0.29) is 24.0 Å². The average molecular weight is 598 g/mol. The van der Waals surface area contributed by atoms with Crippen LogP contribution >= 0.6 is 11.6 Å². The highest BCUT2D eigenvalue weighted by atomic mass is 35.5. The van der Waals surface area contributed by atoms with Gasteiger partial charge in [0.15, 0.2) is 0 Å². The Kier molecular flexibility index (Phi) is 8.73. The topological polar surface area (TPSA) is 97.6 Å².